The predicted molar refractivity (Wildman–Crippen MR) is 85.7 cm³/mol. The second-order valence-corrected chi connectivity index (χ2v) is 5.07. The van der Waals surface area contributed by atoms with E-state index in [1.807, 2.05) is 0 Å². The molecule has 0 saturated carbocycles. The van der Waals surface area contributed by atoms with Crippen molar-refractivity contribution >= 4 is 41.0 Å². The van der Waals surface area contributed by atoms with Crippen LogP contribution in [0.1, 0.15) is 15.9 Å². The second-order valence-electron chi connectivity index (χ2n) is 4.28. The number of rotatable bonds is 3. The molecule has 0 bridgehead atoms. The Kier molecular flexibility index (Phi) is 4.75. The molecule has 0 aliphatic rings. The number of hydrazone groups is 1. The lowest BCUT2D eigenvalue weighted by Gasteiger charge is -2.06. The summed E-state index contributed by atoms with van der Waals surface area (Å²) in [7, 11) is 0. The molecule has 5 N–H and O–H groups in total. The van der Waals surface area contributed by atoms with E-state index >= 15 is 0 Å². The minimum absolute atomic E-state index is 0.0496. The van der Waals surface area contributed by atoms with Crippen molar-refractivity contribution in [1.82, 2.24) is 5.43 Å². The van der Waals surface area contributed by atoms with Gasteiger partial charge in [-0.2, -0.15) is 5.10 Å². The number of benzene rings is 2. The molecule has 114 valence electrons. The maximum Gasteiger partial charge on any atom is 0.271 e. The van der Waals surface area contributed by atoms with Gasteiger partial charge in [-0.25, -0.2) is 5.43 Å². The summed E-state index contributed by atoms with van der Waals surface area (Å²) in [5.74, 6) is -1.30. The Hall–Kier alpha value is -2.44. The molecule has 1 amide bonds. The van der Waals surface area contributed by atoms with Gasteiger partial charge in [-0.3, -0.25) is 4.79 Å². The molecule has 0 aliphatic carbocycles. The monoisotopic (exact) mass is 339 g/mol. The van der Waals surface area contributed by atoms with Crippen LogP contribution in [0.15, 0.2) is 35.4 Å². The topological polar surface area (TPSA) is 108 Å². The minimum Gasteiger partial charge on any atom is -0.506 e. The van der Waals surface area contributed by atoms with Crippen molar-refractivity contribution < 1.29 is 15.0 Å². The van der Waals surface area contributed by atoms with Crippen LogP contribution < -0.4 is 11.2 Å². The zero-order chi connectivity index (χ0) is 16.3. The van der Waals surface area contributed by atoms with Crippen LogP contribution >= 0.6 is 23.2 Å². The lowest BCUT2D eigenvalue weighted by molar-refractivity contribution is 0.0955. The number of carbonyl (C=O) groups excluding carboxylic acids is 1. The number of phenolic OH excluding ortho intramolecular Hbond substituents is 2. The van der Waals surface area contributed by atoms with Crippen LogP contribution in [0.3, 0.4) is 0 Å². The fourth-order valence-electron chi connectivity index (χ4n) is 1.62. The number of aromatic hydroxyl groups is 2. The smallest absolute Gasteiger partial charge is 0.271 e. The van der Waals surface area contributed by atoms with Crippen LogP contribution in [0.25, 0.3) is 0 Å². The zero-order valence-corrected chi connectivity index (χ0v) is 12.6. The van der Waals surface area contributed by atoms with Crippen molar-refractivity contribution in [1.29, 1.82) is 0 Å². The molecule has 8 heteroatoms. The Morgan fingerprint density at radius 2 is 1.95 bits per heavy atom. The van der Waals surface area contributed by atoms with E-state index in [9.17, 15) is 15.0 Å². The minimum atomic E-state index is -0.473. The van der Waals surface area contributed by atoms with Crippen molar-refractivity contribution in [3.63, 3.8) is 0 Å². The SMILES string of the molecule is Nc1cccc(C(=O)N/N=C\c2cc(Cl)c(O)c(Cl)c2O)c1. The molecule has 2 aromatic rings. The number of hydrogen-bond donors (Lipinski definition) is 4. The summed E-state index contributed by atoms with van der Waals surface area (Å²) < 4.78 is 0. The maximum atomic E-state index is 11.8. The Morgan fingerprint density at radius 1 is 1.23 bits per heavy atom. The molecule has 0 fully saturated rings. The molecule has 2 rings (SSSR count). The van der Waals surface area contributed by atoms with Crippen LogP contribution in [0.5, 0.6) is 11.5 Å². The largest absolute Gasteiger partial charge is 0.506 e. The first-order valence-electron chi connectivity index (χ1n) is 5.99. The van der Waals surface area contributed by atoms with E-state index in [0.29, 0.717) is 11.3 Å². The molecular formula is C14H11Cl2N3O3. The number of nitrogens with zero attached hydrogens (tertiary/aromatic N) is 1. The van der Waals surface area contributed by atoms with Crippen LogP contribution in [0.2, 0.25) is 10.0 Å². The number of amides is 1. The third kappa shape index (κ3) is 3.41. The lowest BCUT2D eigenvalue weighted by Crippen LogP contribution is -2.17. The van der Waals surface area contributed by atoms with Crippen molar-refractivity contribution in [2.45, 2.75) is 0 Å². The van der Waals surface area contributed by atoms with Gasteiger partial charge in [-0.15, -0.1) is 0 Å². The molecule has 0 atom stereocenters. The van der Waals surface area contributed by atoms with Crippen LogP contribution in [-0.2, 0) is 0 Å². The van der Waals surface area contributed by atoms with Gasteiger partial charge in [0.1, 0.15) is 10.8 Å². The zero-order valence-electron chi connectivity index (χ0n) is 11.0. The molecule has 0 spiro atoms. The van der Waals surface area contributed by atoms with E-state index in [1.54, 1.807) is 18.2 Å². The van der Waals surface area contributed by atoms with Crippen molar-refractivity contribution in [3.05, 3.63) is 51.5 Å². The van der Waals surface area contributed by atoms with E-state index in [0.717, 1.165) is 6.21 Å². The van der Waals surface area contributed by atoms with E-state index in [4.69, 9.17) is 28.9 Å². The molecule has 22 heavy (non-hydrogen) atoms. The summed E-state index contributed by atoms with van der Waals surface area (Å²) >= 11 is 11.4. The normalized spacial score (nSPS) is 10.8. The predicted octanol–water partition coefficient (Wildman–Crippen LogP) is 2.75. The Morgan fingerprint density at radius 3 is 2.64 bits per heavy atom. The second kappa shape index (κ2) is 6.55. The summed E-state index contributed by atoms with van der Waals surface area (Å²) in [4.78, 5) is 11.8. The third-order valence-corrected chi connectivity index (χ3v) is 3.36. The van der Waals surface area contributed by atoms with Crippen LogP contribution in [0.4, 0.5) is 5.69 Å². The van der Waals surface area contributed by atoms with Crippen molar-refractivity contribution in [2.24, 2.45) is 5.10 Å². The molecule has 0 unspecified atom stereocenters. The average molecular weight is 340 g/mol. The molecule has 2 aromatic carbocycles. The van der Waals surface area contributed by atoms with E-state index < -0.39 is 17.4 Å². The first-order valence-corrected chi connectivity index (χ1v) is 6.74. The van der Waals surface area contributed by atoms with Crippen LogP contribution in [-0.4, -0.2) is 22.3 Å². The number of nitrogen functional groups attached to an aromatic ring is 1. The molecular weight excluding hydrogens is 329 g/mol. The summed E-state index contributed by atoms with van der Waals surface area (Å²) in [5.41, 5.74) is 8.78. The first kappa shape index (κ1) is 15.9. The first-order chi connectivity index (χ1) is 10.4. The number of halogens is 2. The Balaban J connectivity index is 2.15. The highest BCUT2D eigenvalue weighted by molar-refractivity contribution is 6.38. The van der Waals surface area contributed by atoms with Gasteiger partial charge >= 0.3 is 0 Å². The standard InChI is InChI=1S/C14H11Cl2N3O3/c15-10-5-8(12(20)11(16)13(10)21)6-18-19-14(22)7-2-1-3-9(17)4-7/h1-6,20-21H,17H2,(H,19,22)/b18-6-. The summed E-state index contributed by atoms with van der Waals surface area (Å²) in [6.45, 7) is 0. The van der Waals surface area contributed by atoms with Gasteiger partial charge in [0.2, 0.25) is 0 Å². The van der Waals surface area contributed by atoms with Crippen molar-refractivity contribution in [3.8, 4) is 11.5 Å². The van der Waals surface area contributed by atoms with Gasteiger partial charge < -0.3 is 15.9 Å². The van der Waals surface area contributed by atoms with E-state index in [-0.39, 0.29) is 15.6 Å². The van der Waals surface area contributed by atoms with Gasteiger partial charge in [-0.1, -0.05) is 29.3 Å². The molecule has 0 heterocycles. The molecule has 0 radical (unpaired) electrons. The lowest BCUT2D eigenvalue weighted by atomic mass is 10.2. The quantitative estimate of drug-likeness (QED) is 0.391. The van der Waals surface area contributed by atoms with Gasteiger partial charge in [0.15, 0.2) is 5.75 Å². The van der Waals surface area contributed by atoms with Gasteiger partial charge in [0.25, 0.3) is 5.91 Å². The molecule has 0 aliphatic heterocycles. The van der Waals surface area contributed by atoms with E-state index in [2.05, 4.69) is 10.5 Å². The number of anilines is 1. The number of nitrogens with one attached hydrogen (secondary N) is 1. The fourth-order valence-corrected chi connectivity index (χ4v) is 2.09. The highest BCUT2D eigenvalue weighted by atomic mass is 35.5. The average Bonchev–Trinajstić information content (AvgIpc) is 2.50. The number of phenols is 2. The van der Waals surface area contributed by atoms with Gasteiger partial charge in [-0.05, 0) is 24.3 Å². The maximum absolute atomic E-state index is 11.8. The number of hydrogen-bond acceptors (Lipinski definition) is 5. The number of nitrogens with two attached hydrogens (primary N) is 1. The molecule has 6 nitrogen and oxygen atoms in total. The molecule has 0 aromatic heterocycles. The highest BCUT2D eigenvalue weighted by Gasteiger charge is 2.13. The number of carbonyl (C=O) groups is 1. The summed E-state index contributed by atoms with van der Waals surface area (Å²) in [6, 6.07) is 7.62. The summed E-state index contributed by atoms with van der Waals surface area (Å²) in [5, 5.41) is 22.6. The van der Waals surface area contributed by atoms with Gasteiger partial charge in [0, 0.05) is 16.8 Å². The third-order valence-electron chi connectivity index (χ3n) is 2.72. The molecule has 0 saturated heterocycles. The van der Waals surface area contributed by atoms with Crippen LogP contribution in [0, 0.1) is 0 Å². The highest BCUT2D eigenvalue weighted by Crippen LogP contribution is 2.40. The Bertz CT molecular complexity index is 763. The fraction of sp³-hybridized carbons (Fsp3) is 0. The van der Waals surface area contributed by atoms with Crippen molar-refractivity contribution in [2.75, 3.05) is 5.73 Å². The van der Waals surface area contributed by atoms with E-state index in [1.165, 1.54) is 12.1 Å². The Labute approximate surface area is 135 Å². The van der Waals surface area contributed by atoms with Gasteiger partial charge in [0.05, 0.1) is 11.2 Å². The summed E-state index contributed by atoms with van der Waals surface area (Å²) in [6.07, 6.45) is 1.15.